The molecule has 0 aromatic heterocycles. The lowest BCUT2D eigenvalue weighted by molar-refractivity contribution is 0.350. The second-order valence-electron chi connectivity index (χ2n) is 5.63. The zero-order valence-electron chi connectivity index (χ0n) is 13.6. The summed E-state index contributed by atoms with van der Waals surface area (Å²) in [6.45, 7) is 5.89. The van der Waals surface area contributed by atoms with E-state index in [-0.39, 0.29) is 17.5 Å². The van der Waals surface area contributed by atoms with Crippen LogP contribution in [-0.2, 0) is 10.0 Å². The predicted molar refractivity (Wildman–Crippen MR) is 83.4 cm³/mol. The van der Waals surface area contributed by atoms with Crippen molar-refractivity contribution in [1.82, 2.24) is 4.72 Å². The minimum Gasteiger partial charge on any atom is -0.493 e. The van der Waals surface area contributed by atoms with Crippen LogP contribution in [0.3, 0.4) is 0 Å². The molecule has 0 aliphatic rings. The molecule has 1 atom stereocenters. The van der Waals surface area contributed by atoms with Gasteiger partial charge >= 0.3 is 0 Å². The van der Waals surface area contributed by atoms with Crippen molar-refractivity contribution in [2.24, 2.45) is 5.92 Å². The van der Waals surface area contributed by atoms with E-state index in [1.165, 1.54) is 14.2 Å². The van der Waals surface area contributed by atoms with Gasteiger partial charge in [-0.25, -0.2) is 17.5 Å². The number of rotatable bonds is 8. The quantitative estimate of drug-likeness (QED) is 0.794. The van der Waals surface area contributed by atoms with Crippen molar-refractivity contribution >= 4 is 10.0 Å². The Labute approximate surface area is 131 Å². The minimum absolute atomic E-state index is 0.145. The Morgan fingerprint density at radius 1 is 1.09 bits per heavy atom. The molecule has 0 bridgehead atoms. The van der Waals surface area contributed by atoms with E-state index in [2.05, 4.69) is 18.6 Å². The summed E-state index contributed by atoms with van der Waals surface area (Å²) in [4.78, 5) is -0.443. The standard InChI is InChI=1S/C15H24FNO4S/c1-10(2)6-7-11(3)17-22(18,19)15-9-14(21-5)13(20-4)8-12(15)16/h8-11,17H,6-7H2,1-5H3/t11-/m0/s1. The van der Waals surface area contributed by atoms with Gasteiger partial charge in [0.05, 0.1) is 14.2 Å². The van der Waals surface area contributed by atoms with Gasteiger partial charge < -0.3 is 9.47 Å². The Hall–Kier alpha value is -1.34. The van der Waals surface area contributed by atoms with Crippen molar-refractivity contribution < 1.29 is 22.3 Å². The Kier molecular flexibility index (Phi) is 6.62. The minimum atomic E-state index is -3.96. The molecule has 0 aliphatic heterocycles. The molecule has 0 fully saturated rings. The van der Waals surface area contributed by atoms with E-state index in [1.807, 2.05) is 0 Å². The van der Waals surface area contributed by atoms with Crippen LogP contribution in [0.5, 0.6) is 11.5 Å². The van der Waals surface area contributed by atoms with Crippen LogP contribution in [0.15, 0.2) is 17.0 Å². The first-order valence-corrected chi connectivity index (χ1v) is 8.63. The Morgan fingerprint density at radius 3 is 2.14 bits per heavy atom. The summed E-state index contributed by atoms with van der Waals surface area (Å²) >= 11 is 0. The van der Waals surface area contributed by atoms with Crippen molar-refractivity contribution in [2.75, 3.05) is 14.2 Å². The SMILES string of the molecule is COc1cc(F)c(S(=O)(=O)N[C@@H](C)CCC(C)C)cc1OC. The van der Waals surface area contributed by atoms with Crippen LogP contribution >= 0.6 is 0 Å². The predicted octanol–water partition coefficient (Wildman–Crippen LogP) is 2.95. The molecule has 1 aromatic rings. The molecule has 0 aliphatic carbocycles. The average Bonchev–Trinajstić information content (AvgIpc) is 2.43. The maximum atomic E-state index is 14.1. The molecular formula is C15H24FNO4S. The summed E-state index contributed by atoms with van der Waals surface area (Å²) in [6, 6.07) is 1.86. The summed E-state index contributed by atoms with van der Waals surface area (Å²) in [6.07, 6.45) is 1.57. The summed E-state index contributed by atoms with van der Waals surface area (Å²) in [5.74, 6) is -0.0862. The van der Waals surface area contributed by atoms with E-state index in [1.54, 1.807) is 6.92 Å². The fourth-order valence-electron chi connectivity index (χ4n) is 2.01. The molecule has 0 saturated heterocycles. The third-order valence-corrected chi connectivity index (χ3v) is 4.87. The molecule has 7 heteroatoms. The van der Waals surface area contributed by atoms with Crippen molar-refractivity contribution in [3.05, 3.63) is 17.9 Å². The molecule has 1 aromatic carbocycles. The molecule has 0 unspecified atom stereocenters. The van der Waals surface area contributed by atoms with Gasteiger partial charge in [0.1, 0.15) is 10.7 Å². The van der Waals surface area contributed by atoms with Gasteiger partial charge in [0.2, 0.25) is 10.0 Å². The molecule has 0 radical (unpaired) electrons. The summed E-state index contributed by atoms with van der Waals surface area (Å²) < 4.78 is 51.2. The van der Waals surface area contributed by atoms with Gasteiger partial charge in [-0.1, -0.05) is 13.8 Å². The smallest absolute Gasteiger partial charge is 0.243 e. The van der Waals surface area contributed by atoms with Gasteiger partial charge in [-0.3, -0.25) is 0 Å². The lowest BCUT2D eigenvalue weighted by atomic mass is 10.1. The number of sulfonamides is 1. The first kappa shape index (κ1) is 18.7. The van der Waals surface area contributed by atoms with Gasteiger partial charge in [0.25, 0.3) is 0 Å². The fourth-order valence-corrected chi connectivity index (χ4v) is 3.36. The topological polar surface area (TPSA) is 64.6 Å². The van der Waals surface area contributed by atoms with E-state index >= 15 is 0 Å². The molecule has 0 spiro atoms. The molecule has 126 valence electrons. The number of nitrogens with one attached hydrogen (secondary N) is 1. The van der Waals surface area contributed by atoms with Gasteiger partial charge in [-0.15, -0.1) is 0 Å². The molecule has 0 heterocycles. The normalized spacial score (nSPS) is 13.2. The first-order chi connectivity index (χ1) is 10.2. The lowest BCUT2D eigenvalue weighted by Crippen LogP contribution is -2.33. The van der Waals surface area contributed by atoms with Gasteiger partial charge in [-0.2, -0.15) is 0 Å². The third-order valence-electron chi connectivity index (χ3n) is 3.26. The molecule has 1 N–H and O–H groups in total. The summed E-state index contributed by atoms with van der Waals surface area (Å²) in [7, 11) is -1.23. The Morgan fingerprint density at radius 2 is 1.64 bits per heavy atom. The van der Waals surface area contributed by atoms with Crippen LogP contribution in [0.2, 0.25) is 0 Å². The highest BCUT2D eigenvalue weighted by Crippen LogP contribution is 2.31. The van der Waals surface area contributed by atoms with Crippen molar-refractivity contribution in [3.63, 3.8) is 0 Å². The van der Waals surface area contributed by atoms with Gasteiger partial charge in [0, 0.05) is 18.2 Å². The highest BCUT2D eigenvalue weighted by Gasteiger charge is 2.24. The zero-order valence-corrected chi connectivity index (χ0v) is 14.5. The summed E-state index contributed by atoms with van der Waals surface area (Å²) in [5, 5.41) is 0. The maximum Gasteiger partial charge on any atom is 0.243 e. The number of ether oxygens (including phenoxy) is 2. The fraction of sp³-hybridized carbons (Fsp3) is 0.600. The number of methoxy groups -OCH3 is 2. The molecule has 22 heavy (non-hydrogen) atoms. The lowest BCUT2D eigenvalue weighted by Gasteiger charge is -2.17. The molecule has 5 nitrogen and oxygen atoms in total. The number of hydrogen-bond donors (Lipinski definition) is 1. The monoisotopic (exact) mass is 333 g/mol. The highest BCUT2D eigenvalue weighted by atomic mass is 32.2. The van der Waals surface area contributed by atoms with Crippen LogP contribution in [0.1, 0.15) is 33.6 Å². The van der Waals surface area contributed by atoms with Crippen molar-refractivity contribution in [1.29, 1.82) is 0 Å². The van der Waals surface area contributed by atoms with E-state index in [4.69, 9.17) is 9.47 Å². The second kappa shape index (κ2) is 7.78. The van der Waals surface area contributed by atoms with E-state index in [0.29, 0.717) is 12.3 Å². The molecule has 1 rings (SSSR count). The van der Waals surface area contributed by atoms with Crippen LogP contribution < -0.4 is 14.2 Å². The maximum absolute atomic E-state index is 14.1. The largest absolute Gasteiger partial charge is 0.493 e. The molecular weight excluding hydrogens is 309 g/mol. The zero-order chi connectivity index (χ0) is 16.9. The number of hydrogen-bond acceptors (Lipinski definition) is 4. The first-order valence-electron chi connectivity index (χ1n) is 7.15. The van der Waals surface area contributed by atoms with Gasteiger partial charge in [0.15, 0.2) is 11.5 Å². The molecule has 0 saturated carbocycles. The third kappa shape index (κ3) is 4.84. The van der Waals surface area contributed by atoms with E-state index < -0.39 is 20.7 Å². The average molecular weight is 333 g/mol. The highest BCUT2D eigenvalue weighted by molar-refractivity contribution is 7.89. The molecule has 0 amide bonds. The van der Waals surface area contributed by atoms with E-state index in [9.17, 15) is 12.8 Å². The van der Waals surface area contributed by atoms with E-state index in [0.717, 1.165) is 18.6 Å². The van der Waals surface area contributed by atoms with Crippen LogP contribution in [0.25, 0.3) is 0 Å². The number of halogens is 1. The second-order valence-corrected chi connectivity index (χ2v) is 7.31. The van der Waals surface area contributed by atoms with Gasteiger partial charge in [-0.05, 0) is 25.7 Å². The summed E-state index contributed by atoms with van der Waals surface area (Å²) in [5.41, 5.74) is 0. The van der Waals surface area contributed by atoms with Crippen LogP contribution in [-0.4, -0.2) is 28.7 Å². The van der Waals surface area contributed by atoms with Crippen molar-refractivity contribution in [2.45, 2.75) is 44.6 Å². The van der Waals surface area contributed by atoms with Crippen LogP contribution in [0, 0.1) is 11.7 Å². The number of benzene rings is 1. The van der Waals surface area contributed by atoms with Crippen LogP contribution in [0.4, 0.5) is 4.39 Å². The van der Waals surface area contributed by atoms with Crippen molar-refractivity contribution in [3.8, 4) is 11.5 Å². The Balaban J connectivity index is 3.02. The Bertz CT molecular complexity index is 602.